The van der Waals surface area contributed by atoms with Gasteiger partial charge in [-0.05, 0) is 54.8 Å². The molecule has 0 aliphatic heterocycles. The summed E-state index contributed by atoms with van der Waals surface area (Å²) < 4.78 is 2.26. The van der Waals surface area contributed by atoms with Gasteiger partial charge in [-0.3, -0.25) is 0 Å². The molecular formula is C25H19N5O2. The average Bonchev–Trinajstić information content (AvgIpc) is 3.40. The van der Waals surface area contributed by atoms with Crippen molar-refractivity contribution in [2.45, 2.75) is 20.4 Å². The first-order valence-electron chi connectivity index (χ1n) is 10.1. The van der Waals surface area contributed by atoms with Gasteiger partial charge in [0.05, 0.1) is 11.1 Å². The van der Waals surface area contributed by atoms with Crippen molar-refractivity contribution in [2.75, 3.05) is 0 Å². The number of carboxylic acid groups (broad SMARTS) is 1. The minimum absolute atomic E-state index is 0.272. The van der Waals surface area contributed by atoms with Crippen molar-refractivity contribution in [2.24, 2.45) is 0 Å². The number of carboxylic acids is 1. The molecule has 2 N–H and O–H groups in total. The van der Waals surface area contributed by atoms with Crippen LogP contribution in [0.1, 0.15) is 32.7 Å². The summed E-state index contributed by atoms with van der Waals surface area (Å²) in [4.78, 5) is 11.2. The number of hydrogen-bond acceptors (Lipinski definition) is 4. The lowest BCUT2D eigenvalue weighted by Crippen LogP contribution is -2.02. The van der Waals surface area contributed by atoms with Gasteiger partial charge in [0.2, 0.25) is 0 Å². The molecule has 0 spiro atoms. The van der Waals surface area contributed by atoms with Crippen LogP contribution in [0.4, 0.5) is 0 Å². The summed E-state index contributed by atoms with van der Waals surface area (Å²) in [5, 5.41) is 31.6. The van der Waals surface area contributed by atoms with Gasteiger partial charge in [0.15, 0.2) is 5.69 Å². The van der Waals surface area contributed by atoms with Gasteiger partial charge in [-0.15, -0.1) is 5.10 Å². The van der Waals surface area contributed by atoms with Gasteiger partial charge in [0.1, 0.15) is 11.8 Å². The molecule has 0 bridgehead atoms. The van der Waals surface area contributed by atoms with Crippen molar-refractivity contribution in [3.63, 3.8) is 0 Å². The molecule has 156 valence electrons. The number of rotatable bonds is 4. The average molecular weight is 421 g/mol. The van der Waals surface area contributed by atoms with Crippen LogP contribution >= 0.6 is 0 Å². The molecule has 0 atom stereocenters. The standard InChI is InChI=1S/C25H19N5O2/c1-14-11-19(23-20(12-26)27-29-28-23)15(2)22-18-5-3-4-6-21(18)30(24(14)22)13-16-7-9-17(10-8-16)25(31)32/h3-11H,13H2,1-2H3,(H,31,32)(H,27,28,29). The Morgan fingerprint density at radius 2 is 1.88 bits per heavy atom. The molecule has 0 fully saturated rings. The minimum Gasteiger partial charge on any atom is -0.478 e. The van der Waals surface area contributed by atoms with Gasteiger partial charge >= 0.3 is 5.97 Å². The first-order valence-corrected chi connectivity index (χ1v) is 10.1. The zero-order valence-corrected chi connectivity index (χ0v) is 17.5. The van der Waals surface area contributed by atoms with E-state index in [1.807, 2.05) is 31.2 Å². The SMILES string of the molecule is Cc1c(-c2n[nH]nc2C#N)cc(C)c2c1c1ccccc1n2Cc1ccc(C(=O)O)cc1. The second kappa shape index (κ2) is 7.36. The number of aromatic carboxylic acids is 1. The van der Waals surface area contributed by atoms with E-state index in [4.69, 9.17) is 0 Å². The number of carbonyl (C=O) groups is 1. The van der Waals surface area contributed by atoms with Crippen LogP contribution in [0.3, 0.4) is 0 Å². The Hall–Kier alpha value is -4.44. The highest BCUT2D eigenvalue weighted by Gasteiger charge is 2.20. The van der Waals surface area contributed by atoms with Crippen LogP contribution in [0.25, 0.3) is 33.1 Å². The van der Waals surface area contributed by atoms with Crippen molar-refractivity contribution < 1.29 is 9.90 Å². The summed E-state index contributed by atoms with van der Waals surface area (Å²) >= 11 is 0. The van der Waals surface area contributed by atoms with E-state index in [0.717, 1.165) is 44.1 Å². The fourth-order valence-corrected chi connectivity index (χ4v) is 4.46. The molecule has 5 aromatic rings. The number of aromatic nitrogens is 4. The van der Waals surface area contributed by atoms with Gasteiger partial charge in [0, 0.05) is 28.4 Å². The van der Waals surface area contributed by atoms with Crippen molar-refractivity contribution in [1.29, 1.82) is 5.26 Å². The number of aromatic amines is 1. The monoisotopic (exact) mass is 421 g/mol. The highest BCUT2D eigenvalue weighted by Crippen LogP contribution is 2.38. The number of para-hydroxylation sites is 1. The summed E-state index contributed by atoms with van der Waals surface area (Å²) in [6.45, 7) is 4.71. The van der Waals surface area contributed by atoms with Crippen LogP contribution in [0.2, 0.25) is 0 Å². The number of hydrogen-bond donors (Lipinski definition) is 2. The van der Waals surface area contributed by atoms with Crippen molar-refractivity contribution >= 4 is 27.8 Å². The summed E-state index contributed by atoms with van der Waals surface area (Å²) in [5.74, 6) is -0.933. The van der Waals surface area contributed by atoms with E-state index in [2.05, 4.69) is 51.2 Å². The Kier molecular flexibility index (Phi) is 4.49. The zero-order valence-electron chi connectivity index (χ0n) is 17.5. The van der Waals surface area contributed by atoms with Gasteiger partial charge in [-0.25, -0.2) is 4.79 Å². The first-order chi connectivity index (χ1) is 15.5. The van der Waals surface area contributed by atoms with Gasteiger partial charge < -0.3 is 9.67 Å². The van der Waals surface area contributed by atoms with E-state index in [1.54, 1.807) is 12.1 Å². The number of nitrogens with zero attached hydrogens (tertiary/aromatic N) is 4. The molecule has 7 heteroatoms. The maximum absolute atomic E-state index is 11.2. The molecule has 5 rings (SSSR count). The van der Waals surface area contributed by atoms with E-state index in [0.29, 0.717) is 12.2 Å². The van der Waals surface area contributed by atoms with Crippen LogP contribution < -0.4 is 0 Å². The fraction of sp³-hybridized carbons (Fsp3) is 0.120. The van der Waals surface area contributed by atoms with Crippen LogP contribution in [0.15, 0.2) is 54.6 Å². The van der Waals surface area contributed by atoms with Crippen molar-refractivity contribution in [3.8, 4) is 17.3 Å². The summed E-state index contributed by atoms with van der Waals surface area (Å²) in [7, 11) is 0. The number of benzene rings is 3. The summed E-state index contributed by atoms with van der Waals surface area (Å²) in [6, 6.07) is 19.4. The number of nitriles is 1. The number of fused-ring (bicyclic) bond motifs is 3. The molecular weight excluding hydrogens is 402 g/mol. The molecule has 2 heterocycles. The van der Waals surface area contributed by atoms with Crippen molar-refractivity contribution in [3.05, 3.63) is 82.5 Å². The van der Waals surface area contributed by atoms with Crippen LogP contribution in [0, 0.1) is 25.2 Å². The highest BCUT2D eigenvalue weighted by molar-refractivity contribution is 6.12. The molecule has 0 amide bonds. The van der Waals surface area contributed by atoms with E-state index in [9.17, 15) is 15.2 Å². The predicted octanol–water partition coefficient (Wildman–Crippen LogP) is 4.81. The van der Waals surface area contributed by atoms with Gasteiger partial charge in [-0.1, -0.05) is 30.3 Å². The largest absolute Gasteiger partial charge is 0.478 e. The second-order valence-corrected chi connectivity index (χ2v) is 7.83. The smallest absolute Gasteiger partial charge is 0.335 e. The molecule has 0 saturated heterocycles. The lowest BCUT2D eigenvalue weighted by Gasteiger charge is -2.12. The maximum Gasteiger partial charge on any atom is 0.335 e. The Morgan fingerprint density at radius 1 is 1.12 bits per heavy atom. The quantitative estimate of drug-likeness (QED) is 0.433. The molecule has 32 heavy (non-hydrogen) atoms. The first kappa shape index (κ1) is 19.5. The predicted molar refractivity (Wildman–Crippen MR) is 122 cm³/mol. The van der Waals surface area contributed by atoms with E-state index < -0.39 is 5.97 Å². The fourth-order valence-electron chi connectivity index (χ4n) is 4.46. The van der Waals surface area contributed by atoms with Gasteiger partial charge in [0.25, 0.3) is 0 Å². The minimum atomic E-state index is -0.933. The lowest BCUT2D eigenvalue weighted by molar-refractivity contribution is 0.0697. The third-order valence-corrected chi connectivity index (χ3v) is 5.93. The number of aryl methyl sites for hydroxylation is 2. The zero-order chi connectivity index (χ0) is 22.4. The topological polar surface area (TPSA) is 108 Å². The van der Waals surface area contributed by atoms with Gasteiger partial charge in [-0.2, -0.15) is 15.6 Å². The Morgan fingerprint density at radius 3 is 2.59 bits per heavy atom. The molecule has 0 aliphatic rings. The van der Waals surface area contributed by atoms with Crippen LogP contribution in [0.5, 0.6) is 0 Å². The maximum atomic E-state index is 11.2. The Labute approximate surface area is 183 Å². The molecule has 3 aromatic carbocycles. The normalized spacial score (nSPS) is 11.2. The number of H-pyrrole nitrogens is 1. The van der Waals surface area contributed by atoms with E-state index in [1.165, 1.54) is 0 Å². The van der Waals surface area contributed by atoms with Crippen LogP contribution in [-0.2, 0) is 6.54 Å². The van der Waals surface area contributed by atoms with Crippen LogP contribution in [-0.4, -0.2) is 31.1 Å². The molecule has 0 aliphatic carbocycles. The molecule has 0 saturated carbocycles. The second-order valence-electron chi connectivity index (χ2n) is 7.83. The summed E-state index contributed by atoms with van der Waals surface area (Å²) in [6.07, 6.45) is 0. The molecule has 7 nitrogen and oxygen atoms in total. The van der Waals surface area contributed by atoms with E-state index in [-0.39, 0.29) is 11.3 Å². The molecule has 0 unspecified atom stereocenters. The summed E-state index contributed by atoms with van der Waals surface area (Å²) in [5.41, 5.74) is 7.29. The Bertz CT molecular complexity index is 1550. The highest BCUT2D eigenvalue weighted by atomic mass is 16.4. The van der Waals surface area contributed by atoms with Crippen molar-refractivity contribution in [1.82, 2.24) is 20.0 Å². The number of nitrogens with one attached hydrogen (secondary N) is 1. The third kappa shape index (κ3) is 2.93. The third-order valence-electron chi connectivity index (χ3n) is 5.93. The lowest BCUT2D eigenvalue weighted by atomic mass is 9.96. The molecule has 0 radical (unpaired) electrons. The van der Waals surface area contributed by atoms with E-state index >= 15 is 0 Å². The Balaban J connectivity index is 1.76. The molecule has 2 aromatic heterocycles.